The summed E-state index contributed by atoms with van der Waals surface area (Å²) >= 11 is 9.29. The van der Waals surface area contributed by atoms with Crippen molar-refractivity contribution in [2.45, 2.75) is 0 Å². The summed E-state index contributed by atoms with van der Waals surface area (Å²) in [5.41, 5.74) is 5.99. The van der Waals surface area contributed by atoms with Crippen molar-refractivity contribution in [1.82, 2.24) is 0 Å². The van der Waals surface area contributed by atoms with Crippen molar-refractivity contribution < 1.29 is 18.7 Å². The van der Waals surface area contributed by atoms with Crippen molar-refractivity contribution in [3.8, 4) is 11.5 Å². The molecule has 0 saturated heterocycles. The van der Waals surface area contributed by atoms with E-state index in [4.69, 9.17) is 22.1 Å². The van der Waals surface area contributed by atoms with Crippen LogP contribution in [0.15, 0.2) is 34.8 Å². The summed E-state index contributed by atoms with van der Waals surface area (Å²) in [5, 5.41) is 0.117. The Bertz CT molecular complexity index is 709. The normalized spacial score (nSPS) is 10.3. The van der Waals surface area contributed by atoms with Crippen LogP contribution in [0.25, 0.3) is 0 Å². The molecule has 0 aliphatic rings. The molecule has 7 heteroatoms. The maximum atomic E-state index is 13.3. The molecule has 0 unspecified atom stereocenters. The van der Waals surface area contributed by atoms with Crippen molar-refractivity contribution in [2.75, 3.05) is 12.8 Å². The van der Waals surface area contributed by atoms with Crippen molar-refractivity contribution in [1.29, 1.82) is 0 Å². The molecule has 0 fully saturated rings. The number of halogens is 3. The van der Waals surface area contributed by atoms with E-state index in [9.17, 15) is 9.18 Å². The lowest BCUT2D eigenvalue weighted by Crippen LogP contribution is -2.05. The van der Waals surface area contributed by atoms with Gasteiger partial charge in [0.2, 0.25) is 0 Å². The van der Waals surface area contributed by atoms with Crippen LogP contribution >= 0.6 is 27.5 Å². The van der Waals surface area contributed by atoms with E-state index in [2.05, 4.69) is 20.7 Å². The van der Waals surface area contributed by atoms with Crippen LogP contribution < -0.4 is 10.5 Å². The second-order valence-electron chi connectivity index (χ2n) is 4.05. The Morgan fingerprint density at radius 3 is 2.71 bits per heavy atom. The predicted molar refractivity (Wildman–Crippen MR) is 81.4 cm³/mol. The molecule has 110 valence electrons. The summed E-state index contributed by atoms with van der Waals surface area (Å²) in [4.78, 5) is 11.8. The molecule has 0 bridgehead atoms. The average molecular weight is 375 g/mol. The number of nitrogens with two attached hydrogens (primary N) is 1. The summed E-state index contributed by atoms with van der Waals surface area (Å²) in [6.45, 7) is 0. The van der Waals surface area contributed by atoms with Crippen LogP contribution in [0, 0.1) is 5.82 Å². The van der Waals surface area contributed by atoms with E-state index in [-0.39, 0.29) is 27.8 Å². The van der Waals surface area contributed by atoms with Crippen molar-refractivity contribution in [2.24, 2.45) is 0 Å². The van der Waals surface area contributed by atoms with Gasteiger partial charge in [-0.05, 0) is 40.2 Å². The zero-order valence-corrected chi connectivity index (χ0v) is 13.2. The number of anilines is 1. The maximum Gasteiger partial charge on any atom is 0.341 e. The molecule has 21 heavy (non-hydrogen) atoms. The molecule has 0 spiro atoms. The molecule has 2 rings (SSSR count). The van der Waals surface area contributed by atoms with Gasteiger partial charge in [-0.1, -0.05) is 11.6 Å². The molecule has 0 atom stereocenters. The topological polar surface area (TPSA) is 61.5 Å². The highest BCUT2D eigenvalue weighted by atomic mass is 79.9. The minimum absolute atomic E-state index is 0.0454. The standard InChI is InChI=1S/C14H10BrClFNO3/c1-20-14(19)9-5-8(18)6-11(16)13(9)21-12-4-7(17)2-3-10(12)15/h2-6H,18H2,1H3. The molecule has 2 aromatic carbocycles. The fourth-order valence-corrected chi connectivity index (χ4v) is 2.24. The van der Waals surface area contributed by atoms with E-state index in [1.807, 2.05) is 0 Å². The number of carbonyl (C=O) groups is 1. The van der Waals surface area contributed by atoms with Crippen LogP contribution in [-0.4, -0.2) is 13.1 Å². The Hall–Kier alpha value is -1.79. The third-order valence-electron chi connectivity index (χ3n) is 2.58. The number of methoxy groups -OCH3 is 1. The number of hydrogen-bond donors (Lipinski definition) is 1. The molecule has 4 nitrogen and oxygen atoms in total. The summed E-state index contributed by atoms with van der Waals surface area (Å²) in [5.74, 6) is -0.929. The zero-order chi connectivity index (χ0) is 15.6. The molecule has 2 N–H and O–H groups in total. The molecule has 0 aromatic heterocycles. The fraction of sp³-hybridized carbons (Fsp3) is 0.0714. The molecule has 2 aromatic rings. The molecule has 0 amide bonds. The number of carbonyl (C=O) groups excluding carboxylic acids is 1. The first-order valence-corrected chi connectivity index (χ1v) is 6.89. The van der Waals surface area contributed by atoms with Crippen molar-refractivity contribution >= 4 is 39.2 Å². The number of nitrogen functional groups attached to an aromatic ring is 1. The minimum Gasteiger partial charge on any atom is -0.465 e. The lowest BCUT2D eigenvalue weighted by molar-refractivity contribution is 0.0598. The summed E-state index contributed by atoms with van der Waals surface area (Å²) < 4.78 is 24.0. The number of esters is 1. The summed E-state index contributed by atoms with van der Waals surface area (Å²) in [6, 6.07) is 6.71. The van der Waals surface area contributed by atoms with E-state index in [0.29, 0.717) is 4.47 Å². The Morgan fingerprint density at radius 1 is 1.33 bits per heavy atom. The average Bonchev–Trinajstić information content (AvgIpc) is 2.44. The van der Waals surface area contributed by atoms with E-state index < -0.39 is 11.8 Å². The van der Waals surface area contributed by atoms with Gasteiger partial charge >= 0.3 is 5.97 Å². The molecular formula is C14H10BrClFNO3. The van der Waals surface area contributed by atoms with Crippen LogP contribution in [0.2, 0.25) is 5.02 Å². The number of ether oxygens (including phenoxy) is 2. The van der Waals surface area contributed by atoms with Crippen LogP contribution in [0.1, 0.15) is 10.4 Å². The quantitative estimate of drug-likeness (QED) is 0.639. The van der Waals surface area contributed by atoms with Gasteiger partial charge in [-0.25, -0.2) is 9.18 Å². The number of rotatable bonds is 3. The lowest BCUT2D eigenvalue weighted by atomic mass is 10.1. The zero-order valence-electron chi connectivity index (χ0n) is 10.8. The smallest absolute Gasteiger partial charge is 0.341 e. The van der Waals surface area contributed by atoms with Crippen LogP contribution in [0.3, 0.4) is 0 Å². The molecule has 0 aliphatic carbocycles. The first kappa shape index (κ1) is 15.6. The monoisotopic (exact) mass is 373 g/mol. The lowest BCUT2D eigenvalue weighted by Gasteiger charge is -2.13. The molecule has 0 saturated carbocycles. The van der Waals surface area contributed by atoms with Gasteiger partial charge in [0.1, 0.15) is 17.1 Å². The van der Waals surface area contributed by atoms with Gasteiger partial charge in [-0.15, -0.1) is 0 Å². The van der Waals surface area contributed by atoms with Gasteiger partial charge in [0.05, 0.1) is 16.6 Å². The van der Waals surface area contributed by atoms with Gasteiger partial charge < -0.3 is 15.2 Å². The Kier molecular flexibility index (Phi) is 4.69. The van der Waals surface area contributed by atoms with Gasteiger partial charge in [-0.2, -0.15) is 0 Å². The van der Waals surface area contributed by atoms with E-state index in [0.717, 1.165) is 6.07 Å². The van der Waals surface area contributed by atoms with Gasteiger partial charge in [0, 0.05) is 11.8 Å². The van der Waals surface area contributed by atoms with E-state index >= 15 is 0 Å². The Labute approximate surface area is 133 Å². The minimum atomic E-state index is -0.660. The van der Waals surface area contributed by atoms with E-state index in [1.165, 1.54) is 31.4 Å². The van der Waals surface area contributed by atoms with Gasteiger partial charge in [0.25, 0.3) is 0 Å². The molecule has 0 heterocycles. The maximum absolute atomic E-state index is 13.3. The summed E-state index contributed by atoms with van der Waals surface area (Å²) in [7, 11) is 1.22. The van der Waals surface area contributed by atoms with Crippen LogP contribution in [0.4, 0.5) is 10.1 Å². The largest absolute Gasteiger partial charge is 0.465 e. The van der Waals surface area contributed by atoms with E-state index in [1.54, 1.807) is 0 Å². The molecule has 0 aliphatic heterocycles. The third-order valence-corrected chi connectivity index (χ3v) is 3.51. The SMILES string of the molecule is COC(=O)c1cc(N)cc(Cl)c1Oc1cc(F)ccc1Br. The van der Waals surface area contributed by atoms with Crippen molar-refractivity contribution in [3.63, 3.8) is 0 Å². The number of benzene rings is 2. The Balaban J connectivity index is 2.53. The van der Waals surface area contributed by atoms with Crippen molar-refractivity contribution in [3.05, 3.63) is 51.2 Å². The second-order valence-corrected chi connectivity index (χ2v) is 5.31. The highest BCUT2D eigenvalue weighted by molar-refractivity contribution is 9.10. The molecule has 0 radical (unpaired) electrons. The first-order valence-electron chi connectivity index (χ1n) is 5.72. The van der Waals surface area contributed by atoms with Crippen LogP contribution in [-0.2, 0) is 4.74 Å². The highest BCUT2D eigenvalue weighted by Gasteiger charge is 2.19. The Morgan fingerprint density at radius 2 is 2.05 bits per heavy atom. The molecular weight excluding hydrogens is 365 g/mol. The third kappa shape index (κ3) is 3.46. The highest BCUT2D eigenvalue weighted by Crippen LogP contribution is 2.38. The fourth-order valence-electron chi connectivity index (χ4n) is 1.65. The number of hydrogen-bond acceptors (Lipinski definition) is 4. The van der Waals surface area contributed by atoms with Gasteiger partial charge in [0.15, 0.2) is 5.75 Å². The summed E-state index contributed by atoms with van der Waals surface area (Å²) in [6.07, 6.45) is 0. The second kappa shape index (κ2) is 6.32. The van der Waals surface area contributed by atoms with Crippen LogP contribution in [0.5, 0.6) is 11.5 Å². The predicted octanol–water partition coefficient (Wildman–Crippen LogP) is 4.40. The first-order chi connectivity index (χ1) is 9.92. The van der Waals surface area contributed by atoms with Gasteiger partial charge in [-0.3, -0.25) is 0 Å².